The predicted octanol–water partition coefficient (Wildman–Crippen LogP) is 5.05. The number of rotatable bonds is 5. The number of nitrogens with zero attached hydrogens (tertiary/aromatic N) is 5. The van der Waals surface area contributed by atoms with Crippen molar-refractivity contribution in [1.29, 1.82) is 0 Å². The van der Waals surface area contributed by atoms with Crippen molar-refractivity contribution in [2.24, 2.45) is 0 Å². The third kappa shape index (κ3) is 3.96. The number of alkyl halides is 3. The molecular formula is C23H21F3N6O. The number of benzene rings is 1. The van der Waals surface area contributed by atoms with Gasteiger partial charge in [-0.05, 0) is 23.6 Å². The molecule has 0 aliphatic carbocycles. The summed E-state index contributed by atoms with van der Waals surface area (Å²) in [7, 11) is 0. The van der Waals surface area contributed by atoms with Crippen LogP contribution in [-0.2, 0) is 12.7 Å². The molecule has 0 bridgehead atoms. The molecule has 1 aliphatic rings. The van der Waals surface area contributed by atoms with E-state index in [9.17, 15) is 13.2 Å². The zero-order valence-electron chi connectivity index (χ0n) is 18.0. The largest absolute Gasteiger partial charge is 0.492 e. The molecule has 4 aromatic rings. The molecule has 3 aromatic heterocycles. The van der Waals surface area contributed by atoms with E-state index in [0.29, 0.717) is 30.5 Å². The molecule has 1 atom stereocenters. The van der Waals surface area contributed by atoms with Crippen molar-refractivity contribution in [2.75, 3.05) is 6.61 Å². The lowest BCUT2D eigenvalue weighted by molar-refractivity contribution is -0.140. The number of imidazole rings is 1. The lowest BCUT2D eigenvalue weighted by atomic mass is 9.94. The maximum atomic E-state index is 13.2. The van der Waals surface area contributed by atoms with E-state index in [1.807, 2.05) is 15.9 Å². The van der Waals surface area contributed by atoms with Gasteiger partial charge in [-0.15, -0.1) is 5.10 Å². The number of aromatic nitrogens is 6. The fourth-order valence-corrected chi connectivity index (χ4v) is 4.13. The molecule has 1 N–H and O–H groups in total. The van der Waals surface area contributed by atoms with Crippen LogP contribution in [0.1, 0.15) is 42.5 Å². The number of fused-ring (bicyclic) bond motifs is 1. The van der Waals surface area contributed by atoms with Crippen LogP contribution in [0.3, 0.4) is 0 Å². The van der Waals surface area contributed by atoms with Gasteiger partial charge in [0.1, 0.15) is 17.1 Å². The van der Waals surface area contributed by atoms with E-state index in [1.54, 1.807) is 6.33 Å². The summed E-state index contributed by atoms with van der Waals surface area (Å²) in [6.07, 6.45) is 0.390. The van der Waals surface area contributed by atoms with E-state index < -0.39 is 11.9 Å². The van der Waals surface area contributed by atoms with Gasteiger partial charge in [0.25, 0.3) is 0 Å². The lowest BCUT2D eigenvalue weighted by Crippen LogP contribution is -2.09. The summed E-state index contributed by atoms with van der Waals surface area (Å²) < 4.78 is 47.6. The van der Waals surface area contributed by atoms with Gasteiger partial charge >= 0.3 is 6.18 Å². The van der Waals surface area contributed by atoms with Gasteiger partial charge in [0, 0.05) is 36.0 Å². The lowest BCUT2D eigenvalue weighted by Gasteiger charge is -2.12. The van der Waals surface area contributed by atoms with Crippen LogP contribution in [0.4, 0.5) is 13.2 Å². The normalized spacial score (nSPS) is 15.6. The molecule has 0 unspecified atom stereocenters. The first-order valence-electron chi connectivity index (χ1n) is 10.5. The topological polar surface area (TPSA) is 81.5 Å². The smallest absolute Gasteiger partial charge is 0.435 e. The first-order chi connectivity index (χ1) is 15.8. The SMILES string of the molecule is CC(C)c1cccc2c1OC[C@@H]2Cn1cnc(-c2cc(-c3nn[nH]c3C(F)(F)F)ccn2)c1. The van der Waals surface area contributed by atoms with Crippen LogP contribution in [0.15, 0.2) is 49.1 Å². The van der Waals surface area contributed by atoms with Gasteiger partial charge in [-0.3, -0.25) is 10.1 Å². The number of pyridine rings is 1. The van der Waals surface area contributed by atoms with Gasteiger partial charge in [0.15, 0.2) is 5.69 Å². The second kappa shape index (κ2) is 8.02. The number of ether oxygens (including phenoxy) is 1. The highest BCUT2D eigenvalue weighted by atomic mass is 19.4. The van der Waals surface area contributed by atoms with Crippen LogP contribution in [0.5, 0.6) is 5.75 Å². The maximum absolute atomic E-state index is 13.2. The maximum Gasteiger partial charge on any atom is 0.435 e. The molecule has 170 valence electrons. The molecule has 7 nitrogen and oxygen atoms in total. The Labute approximate surface area is 187 Å². The van der Waals surface area contributed by atoms with Crippen molar-refractivity contribution in [3.63, 3.8) is 0 Å². The van der Waals surface area contributed by atoms with E-state index in [2.05, 4.69) is 52.3 Å². The molecule has 0 saturated carbocycles. The van der Waals surface area contributed by atoms with Gasteiger partial charge in [0.05, 0.1) is 18.6 Å². The molecule has 0 saturated heterocycles. The number of halogens is 3. The molecule has 0 radical (unpaired) electrons. The summed E-state index contributed by atoms with van der Waals surface area (Å²) in [6.45, 7) is 5.55. The Morgan fingerprint density at radius 3 is 2.82 bits per heavy atom. The van der Waals surface area contributed by atoms with Crippen LogP contribution in [-0.4, -0.2) is 36.6 Å². The number of H-pyrrole nitrogens is 1. The van der Waals surface area contributed by atoms with Crippen LogP contribution < -0.4 is 4.74 Å². The summed E-state index contributed by atoms with van der Waals surface area (Å²) in [4.78, 5) is 8.70. The average Bonchev–Trinajstić information content (AvgIpc) is 3.53. The van der Waals surface area contributed by atoms with Crippen LogP contribution in [0, 0.1) is 0 Å². The van der Waals surface area contributed by atoms with E-state index in [-0.39, 0.29) is 17.2 Å². The predicted molar refractivity (Wildman–Crippen MR) is 115 cm³/mol. The molecule has 1 aliphatic heterocycles. The second-order valence-electron chi connectivity index (χ2n) is 8.35. The summed E-state index contributed by atoms with van der Waals surface area (Å²) in [6, 6.07) is 9.25. The summed E-state index contributed by atoms with van der Waals surface area (Å²) in [5.74, 6) is 1.53. The van der Waals surface area contributed by atoms with E-state index in [1.165, 1.54) is 29.5 Å². The number of nitrogens with one attached hydrogen (secondary N) is 1. The monoisotopic (exact) mass is 454 g/mol. The average molecular weight is 454 g/mol. The third-order valence-corrected chi connectivity index (χ3v) is 5.76. The molecule has 1 aromatic carbocycles. The van der Waals surface area contributed by atoms with Gasteiger partial charge in [-0.2, -0.15) is 13.2 Å². The molecule has 0 spiro atoms. The number of aromatic amines is 1. The van der Waals surface area contributed by atoms with Crippen LogP contribution >= 0.6 is 0 Å². The van der Waals surface area contributed by atoms with Crippen LogP contribution in [0.25, 0.3) is 22.6 Å². The fourth-order valence-electron chi connectivity index (χ4n) is 4.13. The third-order valence-electron chi connectivity index (χ3n) is 5.76. The Morgan fingerprint density at radius 1 is 1.18 bits per heavy atom. The summed E-state index contributed by atoms with van der Waals surface area (Å²) >= 11 is 0. The highest BCUT2D eigenvalue weighted by molar-refractivity contribution is 5.67. The Kier molecular flexibility index (Phi) is 5.15. The summed E-state index contributed by atoms with van der Waals surface area (Å²) in [5.41, 5.74) is 2.39. The van der Waals surface area contributed by atoms with Crippen molar-refractivity contribution < 1.29 is 17.9 Å². The Balaban J connectivity index is 1.39. The van der Waals surface area contributed by atoms with Crippen molar-refractivity contribution >= 4 is 0 Å². The van der Waals surface area contributed by atoms with Gasteiger partial charge in [0.2, 0.25) is 0 Å². The van der Waals surface area contributed by atoms with Crippen molar-refractivity contribution in [2.45, 2.75) is 38.4 Å². The number of hydrogen-bond acceptors (Lipinski definition) is 5. The number of hydrogen-bond donors (Lipinski definition) is 1. The molecular weight excluding hydrogens is 433 g/mol. The minimum absolute atomic E-state index is 0.185. The van der Waals surface area contributed by atoms with Crippen LogP contribution in [0.2, 0.25) is 0 Å². The molecule has 10 heteroatoms. The van der Waals surface area contributed by atoms with Gasteiger partial charge < -0.3 is 9.30 Å². The Morgan fingerprint density at radius 2 is 2.03 bits per heavy atom. The highest BCUT2D eigenvalue weighted by Crippen LogP contribution is 2.40. The highest BCUT2D eigenvalue weighted by Gasteiger charge is 2.37. The standard InChI is InChI=1S/C23H21F3N6O/c1-13(2)16-4-3-5-17-15(11-33-21(16)17)9-32-10-19(28-12-32)18-8-14(6-7-27-18)20-22(23(24,25)26)30-31-29-20/h3-8,10,12-13,15H,9,11H2,1-2H3,(H,29,30,31)/t15-/m0/s1. The molecule has 4 heterocycles. The Hall–Kier alpha value is -3.69. The summed E-state index contributed by atoms with van der Waals surface area (Å²) in [5, 5.41) is 8.86. The molecule has 0 fully saturated rings. The van der Waals surface area contributed by atoms with E-state index in [4.69, 9.17) is 4.74 Å². The molecule has 5 rings (SSSR count). The fraction of sp³-hybridized carbons (Fsp3) is 0.304. The van der Waals surface area contributed by atoms with E-state index >= 15 is 0 Å². The minimum Gasteiger partial charge on any atom is -0.492 e. The van der Waals surface area contributed by atoms with Crippen molar-refractivity contribution in [3.8, 4) is 28.4 Å². The minimum atomic E-state index is -4.58. The quantitative estimate of drug-likeness (QED) is 0.457. The first-order valence-corrected chi connectivity index (χ1v) is 10.5. The van der Waals surface area contributed by atoms with Gasteiger partial charge in [-0.25, -0.2) is 4.98 Å². The van der Waals surface area contributed by atoms with Crippen molar-refractivity contribution in [1.82, 2.24) is 29.9 Å². The zero-order chi connectivity index (χ0) is 23.2. The second-order valence-corrected chi connectivity index (χ2v) is 8.35. The molecule has 0 amide bonds. The van der Waals surface area contributed by atoms with Crippen molar-refractivity contribution in [3.05, 3.63) is 65.9 Å². The van der Waals surface area contributed by atoms with Gasteiger partial charge in [-0.1, -0.05) is 37.3 Å². The molecule has 33 heavy (non-hydrogen) atoms. The first kappa shape index (κ1) is 21.2. The zero-order valence-corrected chi connectivity index (χ0v) is 18.0. The Bertz CT molecular complexity index is 1290. The number of para-hydroxylation sites is 1. The van der Waals surface area contributed by atoms with E-state index in [0.717, 1.165) is 5.75 Å².